The number of aryl methyl sites for hydroxylation is 2. The summed E-state index contributed by atoms with van der Waals surface area (Å²) in [5.41, 5.74) is 0.111. The number of urea groups is 1. The molecule has 246 valence electrons. The predicted molar refractivity (Wildman–Crippen MR) is 180 cm³/mol. The second-order valence-corrected chi connectivity index (χ2v) is 11.7. The van der Waals surface area contributed by atoms with Gasteiger partial charge in [0.25, 0.3) is 5.91 Å². The Kier molecular flexibility index (Phi) is 9.06. The standard InChI is InChI=1S/C37H48N4O5/c1-25(2)34(41-20-12-19-38-37(41)45)36(44)39-30(21-28-15-7-5-8-16-28)23-32(42)31(22-29-17-9-6-10-18-29)40-33(43)24-46-35-26(3)13-11-14-27(35)4/h5-11,13-18,25,30-32,34,42H,12,19-24H2,1-4H3,(H,38,45)(H,39,44)(H,40,43)/t30-,31-,32-,34-/m0/s1/i3D3,4D3,22D2. The van der Waals surface area contributed by atoms with E-state index in [0.29, 0.717) is 19.5 Å². The van der Waals surface area contributed by atoms with Gasteiger partial charge in [-0.1, -0.05) is 92.7 Å². The maximum Gasteiger partial charge on any atom is 0.318 e. The van der Waals surface area contributed by atoms with E-state index in [1.807, 2.05) is 44.2 Å². The molecule has 0 saturated carbocycles. The number of rotatable bonds is 15. The third kappa shape index (κ3) is 9.81. The number of amides is 4. The molecule has 0 radical (unpaired) electrons. The molecular weight excluding hydrogens is 580 g/mol. The molecule has 1 aliphatic rings. The number of hydrogen-bond donors (Lipinski definition) is 4. The van der Waals surface area contributed by atoms with E-state index in [2.05, 4.69) is 16.0 Å². The van der Waals surface area contributed by atoms with Crippen LogP contribution in [0.4, 0.5) is 4.79 Å². The van der Waals surface area contributed by atoms with Crippen LogP contribution in [0, 0.1) is 19.6 Å². The summed E-state index contributed by atoms with van der Waals surface area (Å²) in [6.45, 7) is -1.92. The van der Waals surface area contributed by atoms with Crippen molar-refractivity contribution in [3.63, 3.8) is 0 Å². The Morgan fingerprint density at radius 1 is 0.978 bits per heavy atom. The second kappa shape index (κ2) is 16.8. The van der Waals surface area contributed by atoms with Crippen LogP contribution in [0.15, 0.2) is 78.9 Å². The Hall–Kier alpha value is -4.37. The van der Waals surface area contributed by atoms with Gasteiger partial charge in [-0.15, -0.1) is 0 Å². The van der Waals surface area contributed by atoms with Crippen LogP contribution in [0.5, 0.6) is 5.75 Å². The van der Waals surface area contributed by atoms with Gasteiger partial charge in [-0.3, -0.25) is 9.59 Å². The quantitative estimate of drug-likeness (QED) is 0.198. The van der Waals surface area contributed by atoms with Crippen LogP contribution in [0.1, 0.15) is 59.9 Å². The number of para-hydroxylation sites is 1. The van der Waals surface area contributed by atoms with Crippen molar-refractivity contribution in [2.45, 2.75) is 77.4 Å². The highest BCUT2D eigenvalue weighted by Crippen LogP contribution is 2.22. The highest BCUT2D eigenvalue weighted by Gasteiger charge is 2.35. The summed E-state index contributed by atoms with van der Waals surface area (Å²) in [4.78, 5) is 41.7. The third-order valence-corrected chi connectivity index (χ3v) is 7.71. The van der Waals surface area contributed by atoms with Crippen LogP contribution in [-0.2, 0) is 22.4 Å². The van der Waals surface area contributed by atoms with E-state index < -0.39 is 79.6 Å². The van der Waals surface area contributed by atoms with Crippen molar-refractivity contribution in [3.05, 3.63) is 101 Å². The van der Waals surface area contributed by atoms with Gasteiger partial charge in [0.15, 0.2) is 6.61 Å². The zero-order valence-electron chi connectivity index (χ0n) is 34.2. The van der Waals surface area contributed by atoms with Crippen molar-refractivity contribution in [1.29, 1.82) is 0 Å². The van der Waals surface area contributed by atoms with Gasteiger partial charge in [-0.25, -0.2) is 4.79 Å². The fourth-order valence-electron chi connectivity index (χ4n) is 5.51. The average molecular weight is 637 g/mol. The molecule has 0 aromatic heterocycles. The van der Waals surface area contributed by atoms with Gasteiger partial charge >= 0.3 is 6.03 Å². The van der Waals surface area contributed by atoms with E-state index in [9.17, 15) is 19.5 Å². The molecule has 9 heteroatoms. The summed E-state index contributed by atoms with van der Waals surface area (Å²) < 4.78 is 71.2. The number of carbonyl (C=O) groups is 3. The SMILES string of the molecule is [2H]C([2H])([2H])c1cccc(C([2H])([2H])[2H])c1OCC(=O)N[C@H]([C@@H](O)C[C@H](Cc1ccccc1)NC(=O)[C@H](C(C)C)N1CCCNC1=O)C([2H])([2H])c1ccccc1. The topological polar surface area (TPSA) is 120 Å². The molecule has 0 unspecified atom stereocenters. The number of hydrogen-bond acceptors (Lipinski definition) is 5. The first-order valence-electron chi connectivity index (χ1n) is 19.5. The lowest BCUT2D eigenvalue weighted by Gasteiger charge is -2.37. The van der Waals surface area contributed by atoms with Crippen molar-refractivity contribution in [3.8, 4) is 5.75 Å². The molecule has 1 saturated heterocycles. The number of nitrogens with zero attached hydrogens (tertiary/aromatic N) is 1. The maximum absolute atomic E-state index is 13.9. The summed E-state index contributed by atoms with van der Waals surface area (Å²) >= 11 is 0. The van der Waals surface area contributed by atoms with Crippen molar-refractivity contribution in [2.24, 2.45) is 5.92 Å². The molecule has 3 aromatic rings. The number of benzene rings is 3. The molecule has 1 heterocycles. The molecule has 0 bridgehead atoms. The van der Waals surface area contributed by atoms with E-state index in [-0.39, 0.29) is 30.4 Å². The minimum absolute atomic E-state index is 0.132. The van der Waals surface area contributed by atoms with E-state index in [1.165, 1.54) is 35.2 Å². The largest absolute Gasteiger partial charge is 0.483 e. The Labute approximate surface area is 284 Å². The van der Waals surface area contributed by atoms with Gasteiger partial charge in [-0.2, -0.15) is 0 Å². The molecule has 46 heavy (non-hydrogen) atoms. The Bertz CT molecular complexity index is 1690. The molecule has 9 nitrogen and oxygen atoms in total. The Balaban J connectivity index is 1.64. The molecule has 1 aliphatic heterocycles. The van der Waals surface area contributed by atoms with Crippen molar-refractivity contribution in [2.75, 3.05) is 19.7 Å². The average Bonchev–Trinajstić information content (AvgIpc) is 3.10. The Morgan fingerprint density at radius 2 is 1.63 bits per heavy atom. The summed E-state index contributed by atoms with van der Waals surface area (Å²) in [6.07, 6.45) is -3.37. The highest BCUT2D eigenvalue weighted by molar-refractivity contribution is 5.87. The first-order valence-corrected chi connectivity index (χ1v) is 15.5. The lowest BCUT2D eigenvalue weighted by molar-refractivity contribution is -0.128. The fraction of sp³-hybridized carbons (Fsp3) is 0.432. The summed E-state index contributed by atoms with van der Waals surface area (Å²) in [5.74, 6) is -2.19. The molecular formula is C37H48N4O5. The van der Waals surface area contributed by atoms with Crippen LogP contribution in [0.3, 0.4) is 0 Å². The van der Waals surface area contributed by atoms with E-state index in [4.69, 9.17) is 15.7 Å². The van der Waals surface area contributed by atoms with Gasteiger partial charge in [0.05, 0.1) is 12.1 Å². The number of ether oxygens (including phenoxy) is 1. The minimum Gasteiger partial charge on any atom is -0.483 e. The van der Waals surface area contributed by atoms with Gasteiger partial charge < -0.3 is 30.7 Å². The van der Waals surface area contributed by atoms with Crippen LogP contribution in [0.25, 0.3) is 0 Å². The van der Waals surface area contributed by atoms with Crippen LogP contribution in [-0.4, -0.2) is 71.8 Å². The van der Waals surface area contributed by atoms with E-state index in [1.54, 1.807) is 18.2 Å². The van der Waals surface area contributed by atoms with Crippen molar-refractivity contribution in [1.82, 2.24) is 20.9 Å². The van der Waals surface area contributed by atoms with Crippen molar-refractivity contribution < 1.29 is 35.2 Å². The van der Waals surface area contributed by atoms with Gasteiger partial charge in [0, 0.05) is 30.1 Å². The van der Waals surface area contributed by atoms with Crippen LogP contribution >= 0.6 is 0 Å². The molecule has 0 spiro atoms. The monoisotopic (exact) mass is 636 g/mol. The first kappa shape index (κ1) is 24.8. The summed E-state index contributed by atoms with van der Waals surface area (Å²) in [7, 11) is 0. The zero-order chi connectivity index (χ0) is 39.8. The molecule has 1 fully saturated rings. The lowest BCUT2D eigenvalue weighted by Crippen LogP contribution is -2.59. The third-order valence-electron chi connectivity index (χ3n) is 7.71. The zero-order valence-corrected chi connectivity index (χ0v) is 26.2. The Morgan fingerprint density at radius 3 is 2.24 bits per heavy atom. The van der Waals surface area contributed by atoms with Crippen molar-refractivity contribution >= 4 is 17.8 Å². The summed E-state index contributed by atoms with van der Waals surface area (Å²) in [6, 6.07) is 17.0. The van der Waals surface area contributed by atoms with Gasteiger partial charge in [-0.05, 0) is 67.5 Å². The smallest absolute Gasteiger partial charge is 0.318 e. The summed E-state index contributed by atoms with van der Waals surface area (Å²) in [5, 5.41) is 20.2. The molecule has 3 aromatic carbocycles. The number of aliphatic hydroxyl groups is 1. The molecule has 4 N–H and O–H groups in total. The fourth-order valence-corrected chi connectivity index (χ4v) is 5.51. The molecule has 0 aliphatic carbocycles. The molecule has 4 rings (SSSR count). The number of aliphatic hydroxyl groups excluding tert-OH is 1. The van der Waals surface area contributed by atoms with Gasteiger partial charge in [0.2, 0.25) is 5.91 Å². The molecule has 4 atom stereocenters. The normalized spacial score (nSPS) is 19.2. The minimum atomic E-state index is -2.78. The lowest BCUT2D eigenvalue weighted by atomic mass is 9.92. The van der Waals surface area contributed by atoms with E-state index >= 15 is 0 Å². The first-order chi connectivity index (χ1) is 25.3. The van der Waals surface area contributed by atoms with E-state index in [0.717, 1.165) is 5.56 Å². The predicted octanol–water partition coefficient (Wildman–Crippen LogP) is 4.33. The molecule has 4 amide bonds. The van der Waals surface area contributed by atoms with Crippen LogP contribution in [0.2, 0.25) is 0 Å². The highest BCUT2D eigenvalue weighted by atomic mass is 16.5. The van der Waals surface area contributed by atoms with Gasteiger partial charge in [0.1, 0.15) is 11.8 Å². The second-order valence-electron chi connectivity index (χ2n) is 11.7. The number of nitrogens with one attached hydrogen (secondary N) is 3. The maximum atomic E-state index is 13.9. The van der Waals surface area contributed by atoms with Crippen LogP contribution < -0.4 is 20.7 Å². The number of carbonyl (C=O) groups excluding carboxylic acids is 3.